The lowest BCUT2D eigenvalue weighted by atomic mass is 9.98. The van der Waals surface area contributed by atoms with Crippen molar-refractivity contribution in [2.24, 2.45) is 10.9 Å². The number of likely N-dealkylation sites (tertiary alicyclic amines) is 1. The first-order valence-corrected chi connectivity index (χ1v) is 11.7. The van der Waals surface area contributed by atoms with Crippen LogP contribution in [0, 0.1) is 5.92 Å². The second kappa shape index (κ2) is 11.4. The van der Waals surface area contributed by atoms with Gasteiger partial charge in [-0.2, -0.15) is 0 Å². The molecule has 1 aliphatic heterocycles. The maximum absolute atomic E-state index is 5.50. The zero-order valence-corrected chi connectivity index (χ0v) is 18.8. The van der Waals surface area contributed by atoms with Gasteiger partial charge in [0.25, 0.3) is 0 Å². The highest BCUT2D eigenvalue weighted by Gasteiger charge is 2.20. The predicted octanol–water partition coefficient (Wildman–Crippen LogP) is 4.22. The Morgan fingerprint density at radius 2 is 2.24 bits per heavy atom. The number of aromatic nitrogens is 1. The van der Waals surface area contributed by atoms with Crippen molar-refractivity contribution in [1.82, 2.24) is 20.7 Å². The predicted molar refractivity (Wildman–Crippen MR) is 120 cm³/mol. The Morgan fingerprint density at radius 1 is 1.38 bits per heavy atom. The highest BCUT2D eigenvalue weighted by atomic mass is 32.1. The Hall–Kier alpha value is -1.86. The van der Waals surface area contributed by atoms with Crippen molar-refractivity contribution < 1.29 is 4.52 Å². The molecule has 2 aromatic heterocycles. The van der Waals surface area contributed by atoms with E-state index in [9.17, 15) is 0 Å². The molecule has 1 unspecified atom stereocenters. The van der Waals surface area contributed by atoms with Crippen molar-refractivity contribution >= 4 is 17.3 Å². The van der Waals surface area contributed by atoms with E-state index in [0.29, 0.717) is 18.4 Å². The molecule has 0 amide bonds. The molecule has 1 saturated heterocycles. The van der Waals surface area contributed by atoms with Gasteiger partial charge < -0.3 is 15.2 Å². The zero-order chi connectivity index (χ0) is 20.5. The van der Waals surface area contributed by atoms with Gasteiger partial charge in [-0.15, -0.1) is 11.3 Å². The number of piperidine rings is 1. The van der Waals surface area contributed by atoms with Gasteiger partial charge in [0.15, 0.2) is 11.7 Å². The molecule has 0 aliphatic carbocycles. The van der Waals surface area contributed by atoms with Crippen LogP contribution >= 0.6 is 11.3 Å². The van der Waals surface area contributed by atoms with Gasteiger partial charge in [0.05, 0.1) is 12.2 Å². The highest BCUT2D eigenvalue weighted by Crippen LogP contribution is 2.22. The topological polar surface area (TPSA) is 65.7 Å². The summed E-state index contributed by atoms with van der Waals surface area (Å²) in [6.45, 7) is 9.34. The Bertz CT molecular complexity index is 738. The fourth-order valence-corrected chi connectivity index (χ4v) is 4.77. The summed E-state index contributed by atoms with van der Waals surface area (Å²) in [5.41, 5.74) is 1.06. The fourth-order valence-electron chi connectivity index (χ4n) is 4.03. The number of nitrogens with one attached hydrogen (secondary N) is 2. The molecular formula is C22H35N5OS. The molecule has 0 radical (unpaired) electrons. The molecule has 3 heterocycles. The van der Waals surface area contributed by atoms with Gasteiger partial charge >= 0.3 is 0 Å². The molecule has 3 rings (SSSR count). The van der Waals surface area contributed by atoms with Crippen LogP contribution in [0.3, 0.4) is 0 Å². The summed E-state index contributed by atoms with van der Waals surface area (Å²) >= 11 is 1.85. The molecule has 0 bridgehead atoms. The van der Waals surface area contributed by atoms with Crippen LogP contribution < -0.4 is 10.6 Å². The van der Waals surface area contributed by atoms with E-state index < -0.39 is 0 Å². The van der Waals surface area contributed by atoms with Crippen molar-refractivity contribution in [3.05, 3.63) is 39.9 Å². The molecule has 2 aromatic rings. The summed E-state index contributed by atoms with van der Waals surface area (Å²) in [7, 11) is 1.81. The van der Waals surface area contributed by atoms with Crippen LogP contribution in [0.1, 0.15) is 61.8 Å². The smallest absolute Gasteiger partial charge is 0.191 e. The number of aliphatic imine (C=N–C) groups is 1. The van der Waals surface area contributed by atoms with E-state index in [1.807, 2.05) is 18.4 Å². The Kier molecular flexibility index (Phi) is 8.55. The molecule has 7 heteroatoms. The van der Waals surface area contributed by atoms with E-state index in [0.717, 1.165) is 49.9 Å². The first-order valence-electron chi connectivity index (χ1n) is 10.9. The summed E-state index contributed by atoms with van der Waals surface area (Å²) in [4.78, 5) is 8.39. The molecule has 160 valence electrons. The van der Waals surface area contributed by atoms with Crippen LogP contribution in [0.2, 0.25) is 0 Å². The molecule has 0 aromatic carbocycles. The molecule has 6 nitrogen and oxygen atoms in total. The lowest BCUT2D eigenvalue weighted by molar-refractivity contribution is 0.169. The van der Waals surface area contributed by atoms with Gasteiger partial charge in [0, 0.05) is 43.5 Å². The summed E-state index contributed by atoms with van der Waals surface area (Å²) in [5, 5.41) is 13.3. The van der Waals surface area contributed by atoms with Gasteiger partial charge in [-0.05, 0) is 49.6 Å². The average molecular weight is 418 g/mol. The van der Waals surface area contributed by atoms with E-state index in [-0.39, 0.29) is 0 Å². The van der Waals surface area contributed by atoms with Gasteiger partial charge in [0.2, 0.25) is 0 Å². The van der Waals surface area contributed by atoms with Gasteiger partial charge in [-0.3, -0.25) is 9.89 Å². The molecule has 1 atom stereocenters. The van der Waals surface area contributed by atoms with Gasteiger partial charge in [-0.1, -0.05) is 25.1 Å². The Balaban J connectivity index is 1.42. The third kappa shape index (κ3) is 6.57. The molecule has 1 fully saturated rings. The number of hydrogen-bond donors (Lipinski definition) is 2. The van der Waals surface area contributed by atoms with Crippen LogP contribution in [0.5, 0.6) is 0 Å². The average Bonchev–Trinajstić information content (AvgIpc) is 3.42. The number of nitrogens with zero attached hydrogens (tertiary/aromatic N) is 3. The number of thiophene rings is 1. The summed E-state index contributed by atoms with van der Waals surface area (Å²) in [6.07, 6.45) is 4.71. The van der Waals surface area contributed by atoms with Crippen LogP contribution in [-0.2, 0) is 13.1 Å². The lowest BCUT2D eigenvalue weighted by Crippen LogP contribution is -2.44. The maximum Gasteiger partial charge on any atom is 0.191 e. The van der Waals surface area contributed by atoms with Crippen LogP contribution in [0.15, 0.2) is 33.1 Å². The van der Waals surface area contributed by atoms with Gasteiger partial charge in [-0.25, -0.2) is 0 Å². The van der Waals surface area contributed by atoms with Crippen molar-refractivity contribution in [2.45, 2.75) is 58.5 Å². The molecule has 2 N–H and O–H groups in total. The Labute approximate surface area is 178 Å². The molecule has 29 heavy (non-hydrogen) atoms. The second-order valence-electron chi connectivity index (χ2n) is 7.86. The minimum Gasteiger partial charge on any atom is -0.359 e. The largest absolute Gasteiger partial charge is 0.359 e. The van der Waals surface area contributed by atoms with E-state index in [2.05, 4.69) is 63.1 Å². The van der Waals surface area contributed by atoms with E-state index in [1.54, 1.807) is 0 Å². The van der Waals surface area contributed by atoms with Crippen molar-refractivity contribution in [3.8, 4) is 0 Å². The van der Waals surface area contributed by atoms with Crippen molar-refractivity contribution in [1.29, 1.82) is 0 Å². The zero-order valence-electron chi connectivity index (χ0n) is 18.0. The summed E-state index contributed by atoms with van der Waals surface area (Å²) in [6, 6.07) is 6.44. The SMILES string of the molecule is CCC(CC)c1cc(CNC(=NC)NCC2CCCN(Cc3cccs3)C2)on1. The standard InChI is InChI=1S/C22H35N5OS/c1-4-18(5-2)21-12-19(28-26-21)14-25-22(23-3)24-13-17-8-6-10-27(15-17)16-20-9-7-11-29-20/h7,9,11-12,17-18H,4-6,8,10,13-16H2,1-3H3,(H2,23,24,25). The molecule has 1 aliphatic rings. The second-order valence-corrected chi connectivity index (χ2v) is 8.89. The lowest BCUT2D eigenvalue weighted by Gasteiger charge is -2.32. The first kappa shape index (κ1) is 21.8. The highest BCUT2D eigenvalue weighted by molar-refractivity contribution is 7.09. The minimum absolute atomic E-state index is 0.480. The normalized spacial score (nSPS) is 18.3. The first-order chi connectivity index (χ1) is 14.2. The van der Waals surface area contributed by atoms with E-state index in [4.69, 9.17) is 4.52 Å². The van der Waals surface area contributed by atoms with E-state index in [1.165, 1.54) is 24.3 Å². The van der Waals surface area contributed by atoms with E-state index >= 15 is 0 Å². The third-order valence-corrected chi connectivity index (χ3v) is 6.62. The Morgan fingerprint density at radius 3 is 2.97 bits per heavy atom. The molecular weight excluding hydrogens is 382 g/mol. The minimum atomic E-state index is 0.480. The van der Waals surface area contributed by atoms with Crippen LogP contribution in [0.4, 0.5) is 0 Å². The maximum atomic E-state index is 5.50. The molecule has 0 saturated carbocycles. The monoisotopic (exact) mass is 417 g/mol. The third-order valence-electron chi connectivity index (χ3n) is 5.76. The van der Waals surface area contributed by atoms with Crippen molar-refractivity contribution in [2.75, 3.05) is 26.7 Å². The summed E-state index contributed by atoms with van der Waals surface area (Å²) < 4.78 is 5.50. The molecule has 0 spiro atoms. The quantitative estimate of drug-likeness (QED) is 0.472. The number of hydrogen-bond acceptors (Lipinski definition) is 5. The van der Waals surface area contributed by atoms with Gasteiger partial charge in [0.1, 0.15) is 0 Å². The fraction of sp³-hybridized carbons (Fsp3) is 0.636. The van der Waals surface area contributed by atoms with Crippen molar-refractivity contribution in [3.63, 3.8) is 0 Å². The number of rotatable bonds is 9. The summed E-state index contributed by atoms with van der Waals surface area (Å²) in [5.74, 6) is 2.80. The number of guanidine groups is 1. The van der Waals surface area contributed by atoms with Crippen LogP contribution in [0.25, 0.3) is 0 Å². The van der Waals surface area contributed by atoms with Crippen LogP contribution in [-0.4, -0.2) is 42.7 Å².